The summed E-state index contributed by atoms with van der Waals surface area (Å²) in [7, 11) is 0. The average molecular weight is 293 g/mol. The molecule has 0 unspecified atom stereocenters. The number of hydrogen-bond acceptors (Lipinski definition) is 1. The first-order valence-corrected chi connectivity index (χ1v) is 8.79. The first-order chi connectivity index (χ1) is 10.9. The fourth-order valence-electron chi connectivity index (χ4n) is 3.58. The van der Waals surface area contributed by atoms with Crippen LogP contribution in [-0.4, -0.2) is 6.04 Å². The van der Waals surface area contributed by atoms with Crippen molar-refractivity contribution in [2.75, 3.05) is 4.90 Å². The predicted molar refractivity (Wildman–Crippen MR) is 95.2 cm³/mol. The molecular weight excluding hydrogens is 266 g/mol. The van der Waals surface area contributed by atoms with Gasteiger partial charge in [-0.05, 0) is 30.5 Å². The Balaban J connectivity index is 1.81. The van der Waals surface area contributed by atoms with Crippen LogP contribution in [0.15, 0.2) is 60.7 Å². The van der Waals surface area contributed by atoms with Crippen LogP contribution in [0.1, 0.15) is 50.5 Å². The molecule has 0 radical (unpaired) electrons. The maximum absolute atomic E-state index is 2.64. The molecule has 1 heteroatoms. The number of para-hydroxylation sites is 1. The van der Waals surface area contributed by atoms with E-state index in [1.807, 2.05) is 0 Å². The van der Waals surface area contributed by atoms with E-state index in [1.165, 1.54) is 56.2 Å². The summed E-state index contributed by atoms with van der Waals surface area (Å²) in [5.41, 5.74) is 2.78. The van der Waals surface area contributed by atoms with Crippen molar-refractivity contribution in [2.45, 2.75) is 57.5 Å². The smallest absolute Gasteiger partial charge is 0.0432 e. The van der Waals surface area contributed by atoms with Crippen molar-refractivity contribution in [1.29, 1.82) is 0 Å². The third-order valence-electron chi connectivity index (χ3n) is 4.80. The van der Waals surface area contributed by atoms with Gasteiger partial charge in [0, 0.05) is 18.3 Å². The molecule has 0 spiro atoms. The molecule has 3 rings (SSSR count). The zero-order valence-corrected chi connectivity index (χ0v) is 13.5. The van der Waals surface area contributed by atoms with Crippen molar-refractivity contribution >= 4 is 5.69 Å². The molecule has 2 aromatic carbocycles. The lowest BCUT2D eigenvalue weighted by atomic mass is 9.94. The third-order valence-corrected chi connectivity index (χ3v) is 4.80. The van der Waals surface area contributed by atoms with Gasteiger partial charge in [-0.15, -0.1) is 0 Å². The van der Waals surface area contributed by atoms with Gasteiger partial charge in [0.1, 0.15) is 0 Å². The summed E-state index contributed by atoms with van der Waals surface area (Å²) in [6.07, 6.45) is 9.67. The third kappa shape index (κ3) is 4.13. The van der Waals surface area contributed by atoms with Crippen LogP contribution < -0.4 is 4.90 Å². The highest BCUT2D eigenvalue weighted by Crippen LogP contribution is 2.27. The summed E-state index contributed by atoms with van der Waals surface area (Å²) in [5, 5.41) is 0. The first kappa shape index (κ1) is 15.1. The van der Waals surface area contributed by atoms with Crippen molar-refractivity contribution in [3.63, 3.8) is 0 Å². The lowest BCUT2D eigenvalue weighted by Crippen LogP contribution is -2.35. The average Bonchev–Trinajstić information content (AvgIpc) is 2.55. The number of rotatable bonds is 4. The largest absolute Gasteiger partial charge is 0.364 e. The van der Waals surface area contributed by atoms with Gasteiger partial charge in [-0.25, -0.2) is 0 Å². The van der Waals surface area contributed by atoms with E-state index < -0.39 is 0 Å². The highest BCUT2D eigenvalue weighted by molar-refractivity contribution is 5.47. The van der Waals surface area contributed by atoms with E-state index in [4.69, 9.17) is 0 Å². The maximum Gasteiger partial charge on any atom is 0.0432 e. The second kappa shape index (κ2) is 8.03. The molecule has 1 aliphatic rings. The molecule has 1 aliphatic carbocycles. The Bertz CT molecular complexity index is 526. The van der Waals surface area contributed by atoms with Gasteiger partial charge in [-0.3, -0.25) is 0 Å². The molecule has 0 atom stereocenters. The molecule has 0 bridgehead atoms. The van der Waals surface area contributed by atoms with Gasteiger partial charge in [0.05, 0.1) is 0 Å². The Morgan fingerprint density at radius 2 is 1.23 bits per heavy atom. The van der Waals surface area contributed by atoms with E-state index in [0.717, 1.165) is 6.54 Å². The lowest BCUT2D eigenvalue weighted by Gasteiger charge is -2.35. The van der Waals surface area contributed by atoms with Gasteiger partial charge in [0.25, 0.3) is 0 Å². The summed E-state index contributed by atoms with van der Waals surface area (Å²) in [5.74, 6) is 0. The molecule has 0 aliphatic heterocycles. The second-order valence-corrected chi connectivity index (χ2v) is 6.45. The SMILES string of the molecule is c1ccc(CN(c2ccccc2)C2CCCCCCC2)cc1. The summed E-state index contributed by atoms with van der Waals surface area (Å²) in [4.78, 5) is 2.64. The van der Waals surface area contributed by atoms with Gasteiger partial charge >= 0.3 is 0 Å². The van der Waals surface area contributed by atoms with Crippen molar-refractivity contribution in [3.8, 4) is 0 Å². The highest BCUT2D eigenvalue weighted by Gasteiger charge is 2.20. The summed E-state index contributed by atoms with van der Waals surface area (Å²) < 4.78 is 0. The molecule has 2 aromatic rings. The first-order valence-electron chi connectivity index (χ1n) is 8.79. The predicted octanol–water partition coefficient (Wildman–Crippen LogP) is 5.81. The summed E-state index contributed by atoms with van der Waals surface area (Å²) in [6.45, 7) is 1.02. The molecule has 22 heavy (non-hydrogen) atoms. The van der Waals surface area contributed by atoms with Crippen molar-refractivity contribution in [3.05, 3.63) is 66.2 Å². The Morgan fingerprint density at radius 1 is 0.682 bits per heavy atom. The van der Waals surface area contributed by atoms with Gasteiger partial charge in [0.15, 0.2) is 0 Å². The second-order valence-electron chi connectivity index (χ2n) is 6.45. The maximum atomic E-state index is 2.64. The van der Waals surface area contributed by atoms with Crippen LogP contribution in [0.3, 0.4) is 0 Å². The molecule has 116 valence electrons. The van der Waals surface area contributed by atoms with Crippen LogP contribution in [0.5, 0.6) is 0 Å². The molecule has 0 aromatic heterocycles. The van der Waals surface area contributed by atoms with Gasteiger partial charge in [0.2, 0.25) is 0 Å². The van der Waals surface area contributed by atoms with Crippen LogP contribution in [0.25, 0.3) is 0 Å². The van der Waals surface area contributed by atoms with E-state index in [9.17, 15) is 0 Å². The molecule has 0 N–H and O–H groups in total. The minimum absolute atomic E-state index is 0.683. The number of nitrogens with zero attached hydrogens (tertiary/aromatic N) is 1. The van der Waals surface area contributed by atoms with Crippen molar-refractivity contribution < 1.29 is 0 Å². The van der Waals surface area contributed by atoms with Crippen LogP contribution in [0.4, 0.5) is 5.69 Å². The fourth-order valence-corrected chi connectivity index (χ4v) is 3.58. The zero-order chi connectivity index (χ0) is 15.0. The van der Waals surface area contributed by atoms with Gasteiger partial charge in [-0.2, -0.15) is 0 Å². The molecule has 0 amide bonds. The van der Waals surface area contributed by atoms with E-state index in [-0.39, 0.29) is 0 Å². The number of benzene rings is 2. The van der Waals surface area contributed by atoms with Crippen LogP contribution in [-0.2, 0) is 6.54 Å². The van der Waals surface area contributed by atoms with E-state index in [2.05, 4.69) is 65.6 Å². The molecule has 0 saturated heterocycles. The molecule has 1 fully saturated rings. The van der Waals surface area contributed by atoms with E-state index in [0.29, 0.717) is 6.04 Å². The summed E-state index contributed by atoms with van der Waals surface area (Å²) in [6, 6.07) is 22.6. The quantitative estimate of drug-likeness (QED) is 0.688. The topological polar surface area (TPSA) is 3.24 Å². The Labute approximate surface area is 135 Å². The fraction of sp³-hybridized carbons (Fsp3) is 0.429. The zero-order valence-electron chi connectivity index (χ0n) is 13.5. The van der Waals surface area contributed by atoms with Crippen molar-refractivity contribution in [2.24, 2.45) is 0 Å². The Hall–Kier alpha value is -1.76. The minimum Gasteiger partial charge on any atom is -0.364 e. The lowest BCUT2D eigenvalue weighted by molar-refractivity contribution is 0.427. The Kier molecular flexibility index (Phi) is 5.53. The molecular formula is C21H27N. The van der Waals surface area contributed by atoms with Gasteiger partial charge in [-0.1, -0.05) is 80.6 Å². The number of anilines is 1. The van der Waals surface area contributed by atoms with Crippen LogP contribution in [0.2, 0.25) is 0 Å². The van der Waals surface area contributed by atoms with Crippen LogP contribution >= 0.6 is 0 Å². The Morgan fingerprint density at radius 3 is 1.86 bits per heavy atom. The highest BCUT2D eigenvalue weighted by atomic mass is 15.2. The number of hydrogen-bond donors (Lipinski definition) is 0. The molecule has 0 heterocycles. The van der Waals surface area contributed by atoms with Crippen molar-refractivity contribution in [1.82, 2.24) is 0 Å². The molecule has 1 nitrogen and oxygen atoms in total. The monoisotopic (exact) mass is 293 g/mol. The summed E-state index contributed by atoms with van der Waals surface area (Å²) >= 11 is 0. The van der Waals surface area contributed by atoms with Gasteiger partial charge < -0.3 is 4.90 Å². The van der Waals surface area contributed by atoms with Crippen LogP contribution in [0, 0.1) is 0 Å². The molecule has 1 saturated carbocycles. The minimum atomic E-state index is 0.683. The van der Waals surface area contributed by atoms with E-state index in [1.54, 1.807) is 0 Å². The van der Waals surface area contributed by atoms with E-state index >= 15 is 0 Å². The standard InChI is InChI=1S/C21H27N/c1-2-8-14-20(15-9-3-1)22(21-16-10-5-11-17-21)18-19-12-6-4-7-13-19/h4-7,10-13,16-17,20H,1-3,8-9,14-15,18H2. The normalized spacial score (nSPS) is 16.7.